The Bertz CT molecular complexity index is 402. The number of likely N-dealkylation sites (N-methyl/N-ethyl adjacent to an activating group) is 1. The summed E-state index contributed by atoms with van der Waals surface area (Å²) in [6.45, 7) is 9.61. The molecule has 1 N–H and O–H groups in total. The average molecular weight is 383 g/mol. The highest BCUT2D eigenvalue weighted by molar-refractivity contribution is 7.85. The third kappa shape index (κ3) is 17.0. The summed E-state index contributed by atoms with van der Waals surface area (Å²) in [7, 11) is -1.72. The largest absolute Gasteiger partial charge is 0.379 e. The van der Waals surface area contributed by atoms with Crippen LogP contribution >= 0.6 is 0 Å². The van der Waals surface area contributed by atoms with Crippen LogP contribution in [0.15, 0.2) is 0 Å². The molecule has 25 heavy (non-hydrogen) atoms. The zero-order valence-corrected chi connectivity index (χ0v) is 17.4. The number of quaternary nitrogens is 1. The Balaban J connectivity index is 4.10. The summed E-state index contributed by atoms with van der Waals surface area (Å²) in [4.78, 5) is 0. The molecule has 0 saturated carbocycles. The quantitative estimate of drug-likeness (QED) is 0.224. The second-order valence-corrected chi connectivity index (χ2v) is 8.64. The summed E-state index contributed by atoms with van der Waals surface area (Å²) >= 11 is 0. The second-order valence-electron chi connectivity index (χ2n) is 7.07. The maximum absolute atomic E-state index is 10.9. The molecule has 0 rings (SSSR count). The molecule has 0 aromatic carbocycles. The van der Waals surface area contributed by atoms with Crippen molar-refractivity contribution in [2.45, 2.75) is 58.8 Å². The van der Waals surface area contributed by atoms with Gasteiger partial charge in [-0.15, -0.1) is 0 Å². The van der Waals surface area contributed by atoms with Crippen LogP contribution in [0.4, 0.5) is 0 Å². The average Bonchev–Trinajstić information content (AvgIpc) is 2.53. The first-order chi connectivity index (χ1) is 11.8. The first kappa shape index (κ1) is 24.8. The molecule has 0 aliphatic heterocycles. The van der Waals surface area contributed by atoms with Gasteiger partial charge in [0.15, 0.2) is 0 Å². The summed E-state index contributed by atoms with van der Waals surface area (Å²) in [6.07, 6.45) is 7.47. The Labute approximate surface area is 155 Å². The molecular formula is C18H40NO5S+. The Kier molecular flexibility index (Phi) is 14.8. The van der Waals surface area contributed by atoms with Gasteiger partial charge < -0.3 is 14.0 Å². The van der Waals surface area contributed by atoms with Gasteiger partial charge in [0.25, 0.3) is 10.1 Å². The summed E-state index contributed by atoms with van der Waals surface area (Å²) in [5, 5.41) is 0. The van der Waals surface area contributed by atoms with E-state index in [0.29, 0.717) is 26.2 Å². The van der Waals surface area contributed by atoms with Crippen molar-refractivity contribution < 1.29 is 26.9 Å². The van der Waals surface area contributed by atoms with Crippen LogP contribution in [0, 0.1) is 0 Å². The summed E-state index contributed by atoms with van der Waals surface area (Å²) in [5.74, 6) is -0.165. The minimum atomic E-state index is -3.87. The van der Waals surface area contributed by atoms with Crippen molar-refractivity contribution in [3.63, 3.8) is 0 Å². The Morgan fingerprint density at radius 2 is 1.36 bits per heavy atom. The van der Waals surface area contributed by atoms with Crippen LogP contribution in [0.2, 0.25) is 0 Å². The SMILES string of the molecule is CCCCCC[N+](C)(CCCS(=O)(=O)O)CCOCCOCCCC. The fraction of sp³-hybridized carbons (Fsp3) is 1.00. The van der Waals surface area contributed by atoms with Gasteiger partial charge >= 0.3 is 0 Å². The van der Waals surface area contributed by atoms with Crippen LogP contribution in [-0.4, -0.2) is 76.3 Å². The van der Waals surface area contributed by atoms with Gasteiger partial charge in [-0.1, -0.05) is 33.1 Å². The van der Waals surface area contributed by atoms with Crippen molar-refractivity contribution >= 4 is 10.1 Å². The van der Waals surface area contributed by atoms with Gasteiger partial charge in [-0.05, 0) is 19.3 Å². The van der Waals surface area contributed by atoms with Crippen LogP contribution in [0.25, 0.3) is 0 Å². The standard InChI is InChI=1S/C18H39NO5S/c1-4-6-8-9-11-19(3,12-10-18-25(20,21)22)13-15-24-17-16-23-14-7-5-2/h4-18H2,1-3H3/p+1. The normalized spacial score (nSPS) is 14.6. The Hall–Kier alpha value is -0.210. The first-order valence-corrected chi connectivity index (χ1v) is 11.4. The molecule has 1 unspecified atom stereocenters. The van der Waals surface area contributed by atoms with Gasteiger partial charge in [0.1, 0.15) is 6.54 Å². The second kappa shape index (κ2) is 14.9. The van der Waals surface area contributed by atoms with Gasteiger partial charge in [0.05, 0.1) is 45.7 Å². The first-order valence-electron chi connectivity index (χ1n) is 9.77. The van der Waals surface area contributed by atoms with E-state index in [9.17, 15) is 8.42 Å². The molecule has 0 radical (unpaired) electrons. The number of unbranched alkanes of at least 4 members (excludes halogenated alkanes) is 4. The van der Waals surface area contributed by atoms with Crippen LogP contribution in [0.3, 0.4) is 0 Å². The van der Waals surface area contributed by atoms with Crippen LogP contribution in [0.1, 0.15) is 58.8 Å². The molecule has 0 aliphatic carbocycles. The molecule has 0 fully saturated rings. The molecule has 152 valence electrons. The fourth-order valence-corrected chi connectivity index (χ4v) is 3.23. The lowest BCUT2D eigenvalue weighted by Crippen LogP contribution is -2.48. The van der Waals surface area contributed by atoms with Crippen LogP contribution in [-0.2, 0) is 19.6 Å². The van der Waals surface area contributed by atoms with E-state index in [4.69, 9.17) is 14.0 Å². The van der Waals surface area contributed by atoms with E-state index in [0.717, 1.165) is 50.0 Å². The van der Waals surface area contributed by atoms with Gasteiger partial charge in [0.2, 0.25) is 0 Å². The van der Waals surface area contributed by atoms with E-state index in [1.807, 2.05) is 0 Å². The smallest absolute Gasteiger partial charge is 0.265 e. The molecule has 0 aromatic rings. The lowest BCUT2D eigenvalue weighted by molar-refractivity contribution is -0.910. The van der Waals surface area contributed by atoms with Gasteiger partial charge in [-0.3, -0.25) is 4.55 Å². The van der Waals surface area contributed by atoms with Crippen molar-refractivity contribution in [2.75, 3.05) is 58.9 Å². The highest BCUT2D eigenvalue weighted by Crippen LogP contribution is 2.10. The number of hydrogen-bond donors (Lipinski definition) is 1. The molecule has 6 nitrogen and oxygen atoms in total. The molecule has 0 spiro atoms. The monoisotopic (exact) mass is 382 g/mol. The zero-order valence-electron chi connectivity index (χ0n) is 16.5. The van der Waals surface area contributed by atoms with Crippen molar-refractivity contribution in [3.05, 3.63) is 0 Å². The molecule has 0 saturated heterocycles. The lowest BCUT2D eigenvalue weighted by Gasteiger charge is -2.34. The highest BCUT2D eigenvalue weighted by atomic mass is 32.2. The van der Waals surface area contributed by atoms with Crippen molar-refractivity contribution in [1.29, 1.82) is 0 Å². The minimum Gasteiger partial charge on any atom is -0.379 e. The molecular weight excluding hydrogens is 342 g/mol. The predicted molar refractivity (Wildman–Crippen MR) is 103 cm³/mol. The molecule has 0 aromatic heterocycles. The Morgan fingerprint density at radius 3 is 1.96 bits per heavy atom. The van der Waals surface area contributed by atoms with Gasteiger partial charge in [0, 0.05) is 13.0 Å². The molecule has 0 aliphatic rings. The lowest BCUT2D eigenvalue weighted by atomic mass is 10.2. The van der Waals surface area contributed by atoms with Crippen LogP contribution in [0.5, 0.6) is 0 Å². The summed E-state index contributed by atoms with van der Waals surface area (Å²) in [5.41, 5.74) is 0. The van der Waals surface area contributed by atoms with Gasteiger partial charge in [-0.2, -0.15) is 8.42 Å². The van der Waals surface area contributed by atoms with Crippen molar-refractivity contribution in [2.24, 2.45) is 0 Å². The summed E-state index contributed by atoms with van der Waals surface area (Å²) in [6, 6.07) is 0. The number of nitrogens with zero attached hydrogens (tertiary/aromatic N) is 1. The van der Waals surface area contributed by atoms with Crippen molar-refractivity contribution in [1.82, 2.24) is 0 Å². The van der Waals surface area contributed by atoms with E-state index >= 15 is 0 Å². The summed E-state index contributed by atoms with van der Waals surface area (Å²) < 4.78 is 42.7. The maximum atomic E-state index is 10.9. The molecule has 0 bridgehead atoms. The van der Waals surface area contributed by atoms with E-state index in [1.165, 1.54) is 19.3 Å². The Morgan fingerprint density at radius 1 is 0.760 bits per heavy atom. The molecule has 1 atom stereocenters. The van der Waals surface area contributed by atoms with E-state index < -0.39 is 10.1 Å². The minimum absolute atomic E-state index is 0.165. The number of rotatable bonds is 18. The van der Waals surface area contributed by atoms with Gasteiger partial charge in [-0.25, -0.2) is 0 Å². The molecule has 7 heteroatoms. The van der Waals surface area contributed by atoms with Crippen LogP contribution < -0.4 is 0 Å². The third-order valence-electron chi connectivity index (χ3n) is 4.44. The number of hydrogen-bond acceptors (Lipinski definition) is 4. The van der Waals surface area contributed by atoms with E-state index in [2.05, 4.69) is 20.9 Å². The third-order valence-corrected chi connectivity index (χ3v) is 5.25. The highest BCUT2D eigenvalue weighted by Gasteiger charge is 2.21. The predicted octanol–water partition coefficient (Wildman–Crippen LogP) is 3.12. The number of ether oxygens (including phenoxy) is 2. The topological polar surface area (TPSA) is 72.8 Å². The molecule has 0 heterocycles. The molecule has 0 amide bonds. The zero-order chi connectivity index (χ0) is 19.0. The van der Waals surface area contributed by atoms with E-state index in [-0.39, 0.29) is 5.75 Å². The maximum Gasteiger partial charge on any atom is 0.265 e. The van der Waals surface area contributed by atoms with Crippen molar-refractivity contribution in [3.8, 4) is 0 Å². The fourth-order valence-electron chi connectivity index (χ4n) is 2.74. The van der Waals surface area contributed by atoms with E-state index in [1.54, 1.807) is 0 Å².